The molecule has 1 aliphatic rings. The maximum absolute atomic E-state index is 3.50. The van der Waals surface area contributed by atoms with Crippen LogP contribution in [-0.4, -0.2) is 38.1 Å². The summed E-state index contributed by atoms with van der Waals surface area (Å²) in [5, 5.41) is 3.50. The second-order valence-electron chi connectivity index (χ2n) is 4.71. The molecule has 0 bridgehead atoms. The largest absolute Gasteiger partial charge is 0.313 e. The molecule has 0 aliphatic carbocycles. The number of piperidine rings is 1. The summed E-state index contributed by atoms with van der Waals surface area (Å²) in [4.78, 5) is 2.44. The maximum atomic E-state index is 3.50. The van der Waals surface area contributed by atoms with E-state index in [1.165, 1.54) is 38.0 Å². The van der Waals surface area contributed by atoms with E-state index in [0.29, 0.717) is 0 Å². The summed E-state index contributed by atoms with van der Waals surface area (Å²) in [6.07, 6.45) is 5.02. The second-order valence-corrected chi connectivity index (χ2v) is 4.71. The van der Waals surface area contributed by atoms with Gasteiger partial charge < -0.3 is 10.2 Å². The molecule has 1 saturated heterocycles. The molecule has 1 atom stereocenters. The van der Waals surface area contributed by atoms with Crippen LogP contribution in [0.5, 0.6) is 0 Å². The Labute approximate surface area is 88.4 Å². The van der Waals surface area contributed by atoms with Gasteiger partial charge in [-0.15, -0.1) is 0 Å². The third-order valence-corrected chi connectivity index (χ3v) is 2.81. The summed E-state index contributed by atoms with van der Waals surface area (Å²) in [7, 11) is 2.22. The van der Waals surface area contributed by atoms with E-state index < -0.39 is 0 Å². The van der Waals surface area contributed by atoms with Crippen LogP contribution in [0.4, 0.5) is 0 Å². The standard InChI is InChI=1S/C12H24N2/c1-11(2)6-7-13-9-12-5-4-8-14(3)10-12/h6,12-13H,4-5,7-10H2,1-3H3. The van der Waals surface area contributed by atoms with Crippen LogP contribution in [0.3, 0.4) is 0 Å². The fraction of sp³-hybridized carbons (Fsp3) is 0.833. The van der Waals surface area contributed by atoms with Gasteiger partial charge in [-0.1, -0.05) is 11.6 Å². The molecule has 0 radical (unpaired) electrons. The zero-order valence-electron chi connectivity index (χ0n) is 9.84. The molecule has 0 spiro atoms. The van der Waals surface area contributed by atoms with E-state index in [-0.39, 0.29) is 0 Å². The number of nitrogens with zero attached hydrogens (tertiary/aromatic N) is 1. The van der Waals surface area contributed by atoms with Crippen molar-refractivity contribution in [3.63, 3.8) is 0 Å². The molecular weight excluding hydrogens is 172 g/mol. The summed E-state index contributed by atoms with van der Waals surface area (Å²) >= 11 is 0. The Kier molecular flexibility index (Phi) is 5.20. The predicted octanol–water partition coefficient (Wildman–Crippen LogP) is 1.88. The van der Waals surface area contributed by atoms with Crippen molar-refractivity contribution in [3.8, 4) is 0 Å². The van der Waals surface area contributed by atoms with Crippen LogP contribution in [0.25, 0.3) is 0 Å². The van der Waals surface area contributed by atoms with Crippen molar-refractivity contribution in [2.24, 2.45) is 5.92 Å². The van der Waals surface area contributed by atoms with Crippen molar-refractivity contribution >= 4 is 0 Å². The first-order chi connectivity index (χ1) is 6.68. The topological polar surface area (TPSA) is 15.3 Å². The number of hydrogen-bond acceptors (Lipinski definition) is 2. The SMILES string of the molecule is CC(C)=CCNCC1CCCN(C)C1. The first kappa shape index (κ1) is 11.7. The highest BCUT2D eigenvalue weighted by Gasteiger charge is 2.15. The molecule has 1 fully saturated rings. The van der Waals surface area contributed by atoms with E-state index in [9.17, 15) is 0 Å². The Morgan fingerprint density at radius 2 is 2.29 bits per heavy atom. The van der Waals surface area contributed by atoms with Crippen LogP contribution in [0.1, 0.15) is 26.7 Å². The van der Waals surface area contributed by atoms with E-state index in [1.54, 1.807) is 0 Å². The second kappa shape index (κ2) is 6.20. The third-order valence-electron chi connectivity index (χ3n) is 2.81. The van der Waals surface area contributed by atoms with E-state index in [0.717, 1.165) is 12.5 Å². The zero-order chi connectivity index (χ0) is 10.4. The van der Waals surface area contributed by atoms with Gasteiger partial charge in [0, 0.05) is 13.1 Å². The van der Waals surface area contributed by atoms with Crippen LogP contribution >= 0.6 is 0 Å². The third kappa shape index (κ3) is 4.77. The van der Waals surface area contributed by atoms with E-state index in [4.69, 9.17) is 0 Å². The first-order valence-corrected chi connectivity index (χ1v) is 5.71. The number of likely N-dealkylation sites (tertiary alicyclic amines) is 1. The molecule has 82 valence electrons. The van der Waals surface area contributed by atoms with Gasteiger partial charge in [0.05, 0.1) is 0 Å². The maximum Gasteiger partial charge on any atom is 0.0137 e. The fourth-order valence-corrected chi connectivity index (χ4v) is 2.00. The normalized spacial score (nSPS) is 23.5. The van der Waals surface area contributed by atoms with Crippen molar-refractivity contribution in [1.82, 2.24) is 10.2 Å². The highest BCUT2D eigenvalue weighted by atomic mass is 15.1. The van der Waals surface area contributed by atoms with E-state index in [2.05, 4.69) is 37.2 Å². The number of allylic oxidation sites excluding steroid dienone is 1. The van der Waals surface area contributed by atoms with Crippen molar-refractivity contribution in [2.75, 3.05) is 33.2 Å². The summed E-state index contributed by atoms with van der Waals surface area (Å²) < 4.78 is 0. The Bertz CT molecular complexity index is 183. The molecule has 1 heterocycles. The van der Waals surface area contributed by atoms with Crippen molar-refractivity contribution in [2.45, 2.75) is 26.7 Å². The smallest absolute Gasteiger partial charge is 0.0137 e. The fourth-order valence-electron chi connectivity index (χ4n) is 2.00. The lowest BCUT2D eigenvalue weighted by Gasteiger charge is -2.29. The first-order valence-electron chi connectivity index (χ1n) is 5.71. The monoisotopic (exact) mass is 196 g/mol. The minimum absolute atomic E-state index is 0.860. The van der Waals surface area contributed by atoms with Gasteiger partial charge in [0.1, 0.15) is 0 Å². The average molecular weight is 196 g/mol. The molecule has 1 aliphatic heterocycles. The van der Waals surface area contributed by atoms with E-state index >= 15 is 0 Å². The minimum atomic E-state index is 0.860. The van der Waals surface area contributed by atoms with Gasteiger partial charge in [-0.3, -0.25) is 0 Å². The summed E-state index contributed by atoms with van der Waals surface area (Å²) in [5.74, 6) is 0.860. The Morgan fingerprint density at radius 1 is 1.50 bits per heavy atom. The molecule has 2 nitrogen and oxygen atoms in total. The molecule has 0 aromatic heterocycles. The van der Waals surface area contributed by atoms with Crippen molar-refractivity contribution < 1.29 is 0 Å². The summed E-state index contributed by atoms with van der Waals surface area (Å²) in [6.45, 7) is 9.05. The molecule has 2 heteroatoms. The van der Waals surface area contributed by atoms with Gasteiger partial charge in [-0.05, 0) is 52.7 Å². The van der Waals surface area contributed by atoms with Crippen molar-refractivity contribution in [3.05, 3.63) is 11.6 Å². The molecule has 14 heavy (non-hydrogen) atoms. The van der Waals surface area contributed by atoms with Crippen LogP contribution in [0.15, 0.2) is 11.6 Å². The van der Waals surface area contributed by atoms with Crippen molar-refractivity contribution in [1.29, 1.82) is 0 Å². The zero-order valence-corrected chi connectivity index (χ0v) is 9.84. The molecule has 1 rings (SSSR count). The summed E-state index contributed by atoms with van der Waals surface area (Å²) in [5.41, 5.74) is 1.40. The van der Waals surface area contributed by atoms with Crippen LogP contribution in [0.2, 0.25) is 0 Å². The summed E-state index contributed by atoms with van der Waals surface area (Å²) in [6, 6.07) is 0. The molecule has 0 amide bonds. The highest BCUT2D eigenvalue weighted by Crippen LogP contribution is 2.13. The molecule has 0 aromatic rings. The quantitative estimate of drug-likeness (QED) is 0.545. The molecular formula is C12H24N2. The van der Waals surface area contributed by atoms with Crippen LogP contribution in [0, 0.1) is 5.92 Å². The number of nitrogens with one attached hydrogen (secondary N) is 1. The average Bonchev–Trinajstić information content (AvgIpc) is 2.12. The van der Waals surface area contributed by atoms with Gasteiger partial charge >= 0.3 is 0 Å². The Hall–Kier alpha value is -0.340. The highest BCUT2D eigenvalue weighted by molar-refractivity contribution is 4.94. The Balaban J connectivity index is 2.09. The minimum Gasteiger partial charge on any atom is -0.313 e. The molecule has 1 N–H and O–H groups in total. The lowest BCUT2D eigenvalue weighted by molar-refractivity contribution is 0.207. The van der Waals surface area contributed by atoms with Gasteiger partial charge in [-0.2, -0.15) is 0 Å². The van der Waals surface area contributed by atoms with Gasteiger partial charge in [-0.25, -0.2) is 0 Å². The molecule has 0 saturated carbocycles. The predicted molar refractivity (Wildman–Crippen MR) is 62.5 cm³/mol. The molecule has 1 unspecified atom stereocenters. The van der Waals surface area contributed by atoms with Gasteiger partial charge in [0.15, 0.2) is 0 Å². The van der Waals surface area contributed by atoms with E-state index in [1.807, 2.05) is 0 Å². The van der Waals surface area contributed by atoms with Gasteiger partial charge in [0.2, 0.25) is 0 Å². The van der Waals surface area contributed by atoms with Crippen LogP contribution < -0.4 is 5.32 Å². The lowest BCUT2D eigenvalue weighted by atomic mass is 9.98. The van der Waals surface area contributed by atoms with Gasteiger partial charge in [0.25, 0.3) is 0 Å². The Morgan fingerprint density at radius 3 is 2.93 bits per heavy atom. The van der Waals surface area contributed by atoms with Crippen LogP contribution in [-0.2, 0) is 0 Å². The number of rotatable bonds is 4. The number of hydrogen-bond donors (Lipinski definition) is 1. The molecule has 0 aromatic carbocycles. The lowest BCUT2D eigenvalue weighted by Crippen LogP contribution is -2.37.